The number of para-hydroxylation sites is 2. The molecule has 0 fully saturated rings. The number of H-pyrrole nitrogens is 1. The summed E-state index contributed by atoms with van der Waals surface area (Å²) in [5.74, 6) is 0.681. The maximum Gasteiger partial charge on any atom is 0.326 e. The highest BCUT2D eigenvalue weighted by Gasteiger charge is 2.13. The highest BCUT2D eigenvalue weighted by Crippen LogP contribution is 2.25. The first-order valence-electron chi connectivity index (χ1n) is 14.3. The molecule has 0 aliphatic carbocycles. The molecule has 0 spiro atoms. The average molecular weight is 589 g/mol. The maximum absolute atomic E-state index is 12.5. The lowest BCUT2D eigenvalue weighted by Crippen LogP contribution is -2.25. The largest absolute Gasteiger partial charge is 0.488 e. The van der Waals surface area contributed by atoms with E-state index in [-0.39, 0.29) is 24.3 Å². The number of hydrogen-bond acceptors (Lipinski definition) is 6. The molecule has 4 aromatic carbocycles. The van der Waals surface area contributed by atoms with Crippen LogP contribution in [0.15, 0.2) is 131 Å². The summed E-state index contributed by atoms with van der Waals surface area (Å²) in [6.45, 7) is 2.72. The molecule has 2 heterocycles. The Hall–Kier alpha value is -5.63. The first-order valence-corrected chi connectivity index (χ1v) is 14.3. The molecule has 1 N–H and O–H groups in total. The lowest BCUT2D eigenvalue weighted by Gasteiger charge is -2.14. The zero-order valence-corrected chi connectivity index (χ0v) is 24.3. The van der Waals surface area contributed by atoms with E-state index in [9.17, 15) is 14.4 Å². The Labute approximate surface area is 254 Å². The van der Waals surface area contributed by atoms with Crippen LogP contribution in [0.5, 0.6) is 11.5 Å². The van der Waals surface area contributed by atoms with Crippen LogP contribution in [0.4, 0.5) is 0 Å². The van der Waals surface area contributed by atoms with Gasteiger partial charge in [-0.1, -0.05) is 84.9 Å². The Morgan fingerprint density at radius 2 is 1.23 bits per heavy atom. The third kappa shape index (κ3) is 7.60. The molecule has 8 heteroatoms. The normalized spacial score (nSPS) is 10.6. The topological polar surface area (TPSA) is 99.6 Å². The van der Waals surface area contributed by atoms with Crippen molar-refractivity contribution in [1.82, 2.24) is 9.55 Å². The number of pyridine rings is 2. The van der Waals surface area contributed by atoms with Gasteiger partial charge in [-0.15, -0.1) is 0 Å². The molecule has 0 saturated carbocycles. The number of hydrogen-bond donors (Lipinski definition) is 1. The number of benzene rings is 4. The molecule has 0 aliphatic rings. The Morgan fingerprint density at radius 1 is 0.682 bits per heavy atom. The van der Waals surface area contributed by atoms with Gasteiger partial charge in [0.25, 0.3) is 11.1 Å². The van der Waals surface area contributed by atoms with E-state index in [1.165, 1.54) is 16.7 Å². The van der Waals surface area contributed by atoms with Gasteiger partial charge in [-0.25, -0.2) is 0 Å². The number of aromatic nitrogens is 2. The fourth-order valence-electron chi connectivity index (χ4n) is 4.68. The Kier molecular flexibility index (Phi) is 9.84. The van der Waals surface area contributed by atoms with E-state index in [1.807, 2.05) is 103 Å². The number of ether oxygens (including phenoxy) is 3. The van der Waals surface area contributed by atoms with Gasteiger partial charge in [0, 0.05) is 22.9 Å². The molecule has 2 aromatic heterocycles. The minimum Gasteiger partial charge on any atom is -0.488 e. The molecule has 0 radical (unpaired) electrons. The van der Waals surface area contributed by atoms with Gasteiger partial charge in [0.15, 0.2) is 0 Å². The first kappa shape index (κ1) is 29.8. The van der Waals surface area contributed by atoms with Crippen LogP contribution in [0.3, 0.4) is 0 Å². The molecule has 6 rings (SSSR count). The number of carbonyl (C=O) groups is 1. The van der Waals surface area contributed by atoms with Crippen molar-refractivity contribution in [3.8, 4) is 11.5 Å². The van der Waals surface area contributed by atoms with E-state index >= 15 is 0 Å². The molecular formula is C36H32N2O6. The smallest absolute Gasteiger partial charge is 0.326 e. The molecular weight excluding hydrogens is 556 g/mol. The maximum atomic E-state index is 12.5. The van der Waals surface area contributed by atoms with Crippen molar-refractivity contribution in [2.45, 2.75) is 26.7 Å². The fourth-order valence-corrected chi connectivity index (χ4v) is 4.68. The summed E-state index contributed by atoms with van der Waals surface area (Å²) >= 11 is 0. The van der Waals surface area contributed by atoms with Crippen LogP contribution < -0.4 is 20.6 Å². The van der Waals surface area contributed by atoms with Gasteiger partial charge >= 0.3 is 5.97 Å². The van der Waals surface area contributed by atoms with Crippen molar-refractivity contribution < 1.29 is 19.0 Å². The highest BCUT2D eigenvalue weighted by atomic mass is 16.5. The number of fused-ring (bicyclic) bond motifs is 2. The van der Waals surface area contributed by atoms with E-state index in [0.29, 0.717) is 30.2 Å². The summed E-state index contributed by atoms with van der Waals surface area (Å²) in [4.78, 5) is 38.6. The highest BCUT2D eigenvalue weighted by molar-refractivity contribution is 5.86. The second kappa shape index (κ2) is 14.5. The molecule has 0 unspecified atom stereocenters. The van der Waals surface area contributed by atoms with Gasteiger partial charge < -0.3 is 19.2 Å². The van der Waals surface area contributed by atoms with Crippen LogP contribution in [0.2, 0.25) is 0 Å². The minimum absolute atomic E-state index is 0.119. The zero-order valence-electron chi connectivity index (χ0n) is 24.3. The summed E-state index contributed by atoms with van der Waals surface area (Å²) in [5, 5.41) is 1.69. The van der Waals surface area contributed by atoms with Crippen LogP contribution >= 0.6 is 0 Å². The number of rotatable bonds is 9. The summed E-state index contributed by atoms with van der Waals surface area (Å²) < 4.78 is 18.0. The van der Waals surface area contributed by atoms with Crippen molar-refractivity contribution in [3.63, 3.8) is 0 Å². The van der Waals surface area contributed by atoms with E-state index in [2.05, 4.69) is 4.98 Å². The van der Waals surface area contributed by atoms with E-state index in [0.717, 1.165) is 27.4 Å². The first-order chi connectivity index (χ1) is 21.5. The number of nitrogens with zero attached hydrogens (tertiary/aromatic N) is 1. The fraction of sp³-hybridized carbons (Fsp3) is 0.139. The van der Waals surface area contributed by atoms with E-state index < -0.39 is 5.97 Å². The van der Waals surface area contributed by atoms with Crippen molar-refractivity contribution in [2.75, 3.05) is 6.61 Å². The number of esters is 1. The van der Waals surface area contributed by atoms with Gasteiger partial charge in [0.05, 0.1) is 17.6 Å². The lowest BCUT2D eigenvalue weighted by molar-refractivity contribution is -0.143. The summed E-state index contributed by atoms with van der Waals surface area (Å²) in [6.07, 6.45) is 0. The number of carbonyl (C=O) groups excluding carboxylic acids is 1. The molecule has 222 valence electrons. The molecule has 0 bridgehead atoms. The molecule has 0 atom stereocenters. The van der Waals surface area contributed by atoms with Crippen molar-refractivity contribution in [2.24, 2.45) is 0 Å². The molecule has 6 aromatic rings. The molecule has 0 amide bonds. The summed E-state index contributed by atoms with van der Waals surface area (Å²) in [5.41, 5.74) is 3.08. The van der Waals surface area contributed by atoms with Gasteiger partial charge in [-0.2, -0.15) is 0 Å². The molecule has 44 heavy (non-hydrogen) atoms. The predicted molar refractivity (Wildman–Crippen MR) is 171 cm³/mol. The van der Waals surface area contributed by atoms with Gasteiger partial charge in [0.2, 0.25) is 0 Å². The van der Waals surface area contributed by atoms with Crippen molar-refractivity contribution in [1.29, 1.82) is 0 Å². The zero-order chi connectivity index (χ0) is 30.7. The van der Waals surface area contributed by atoms with Gasteiger partial charge in [0.1, 0.15) is 31.3 Å². The molecule has 0 aliphatic heterocycles. The van der Waals surface area contributed by atoms with Crippen LogP contribution in [0, 0.1) is 0 Å². The van der Waals surface area contributed by atoms with Crippen molar-refractivity contribution in [3.05, 3.63) is 153 Å². The quantitative estimate of drug-likeness (QED) is 0.201. The minimum atomic E-state index is -0.437. The SMILES string of the molecule is CCOC(=O)Cn1c(=O)cc(OCc2ccccc2)c2ccccc21.O=c1cc(OCc2ccccc2)c2ccccc2[nH]1. The van der Waals surface area contributed by atoms with Crippen molar-refractivity contribution >= 4 is 27.8 Å². The molecule has 8 nitrogen and oxygen atoms in total. The number of aromatic amines is 1. The Balaban J connectivity index is 0.000000181. The lowest BCUT2D eigenvalue weighted by atomic mass is 10.2. The molecule has 0 saturated heterocycles. The summed E-state index contributed by atoms with van der Waals surface area (Å²) in [7, 11) is 0. The van der Waals surface area contributed by atoms with Crippen LogP contribution in [-0.2, 0) is 29.3 Å². The number of nitrogens with one attached hydrogen (secondary N) is 1. The van der Waals surface area contributed by atoms with Gasteiger partial charge in [-0.3, -0.25) is 19.0 Å². The monoisotopic (exact) mass is 588 g/mol. The van der Waals surface area contributed by atoms with Crippen LogP contribution in [0.1, 0.15) is 18.1 Å². The van der Waals surface area contributed by atoms with Gasteiger partial charge in [-0.05, 0) is 42.3 Å². The van der Waals surface area contributed by atoms with E-state index in [1.54, 1.807) is 13.0 Å². The average Bonchev–Trinajstić information content (AvgIpc) is 3.05. The third-order valence-electron chi connectivity index (χ3n) is 6.76. The second-order valence-corrected chi connectivity index (χ2v) is 9.85. The van der Waals surface area contributed by atoms with Crippen LogP contribution in [0.25, 0.3) is 21.8 Å². The summed E-state index contributed by atoms with van der Waals surface area (Å²) in [6, 6.07) is 37.5. The standard InChI is InChI=1S/C20H19NO4.C16H13NO2/c1-2-24-20(23)13-21-17-11-7-6-10-16(17)18(12-19(21)22)25-14-15-8-4-3-5-9-15;18-16-10-15(13-8-4-5-9-14(13)17-16)19-11-12-6-2-1-3-7-12/h3-12H,2,13-14H2,1H3;1-10H,11H2,(H,17,18). The van der Waals surface area contributed by atoms with Crippen LogP contribution in [-0.4, -0.2) is 22.1 Å². The van der Waals surface area contributed by atoms with E-state index in [4.69, 9.17) is 14.2 Å². The third-order valence-corrected chi connectivity index (χ3v) is 6.76. The predicted octanol–water partition coefficient (Wildman–Crippen LogP) is 6.25. The Bertz CT molecular complexity index is 1970. The second-order valence-electron chi connectivity index (χ2n) is 9.85. The Morgan fingerprint density at radius 3 is 1.86 bits per heavy atom.